The predicted octanol–water partition coefficient (Wildman–Crippen LogP) is 5.70. The van der Waals surface area contributed by atoms with Crippen molar-refractivity contribution in [2.75, 3.05) is 17.3 Å². The van der Waals surface area contributed by atoms with Gasteiger partial charge in [-0.2, -0.15) is 0 Å². The fourth-order valence-corrected chi connectivity index (χ4v) is 4.78. The van der Waals surface area contributed by atoms with Crippen molar-refractivity contribution in [1.82, 2.24) is 14.8 Å². The molecule has 4 aromatic rings. The van der Waals surface area contributed by atoms with Crippen LogP contribution in [0.5, 0.6) is 0 Å². The molecule has 0 bridgehead atoms. The molecule has 0 aliphatic rings. The average molecular weight is 461 g/mol. The number of hydrogen-bond acceptors (Lipinski definition) is 5. The number of amides is 1. The first-order valence-corrected chi connectivity index (χ1v) is 12.5. The van der Waals surface area contributed by atoms with Gasteiger partial charge in [-0.15, -0.1) is 22.0 Å². The van der Waals surface area contributed by atoms with E-state index in [0.29, 0.717) is 18.6 Å². The molecule has 0 saturated heterocycles. The van der Waals surface area contributed by atoms with Crippen molar-refractivity contribution in [3.05, 3.63) is 96.3 Å². The van der Waals surface area contributed by atoms with Crippen molar-refractivity contribution in [2.45, 2.75) is 22.9 Å². The molecule has 3 aromatic carbocycles. The number of carbonyl (C=O) groups excluding carboxylic acids is 1. The van der Waals surface area contributed by atoms with E-state index in [4.69, 9.17) is 0 Å². The summed E-state index contributed by atoms with van der Waals surface area (Å²) in [6, 6.07) is 28.2. The molecule has 0 saturated carbocycles. The number of benzene rings is 3. The van der Waals surface area contributed by atoms with E-state index in [-0.39, 0.29) is 5.91 Å². The molecule has 1 aromatic heterocycles. The maximum atomic E-state index is 12.5. The van der Waals surface area contributed by atoms with Crippen LogP contribution in [0.2, 0.25) is 0 Å². The average Bonchev–Trinajstić information content (AvgIpc) is 3.22. The van der Waals surface area contributed by atoms with Crippen LogP contribution in [-0.2, 0) is 11.2 Å². The highest BCUT2D eigenvalue weighted by atomic mass is 32.2. The van der Waals surface area contributed by atoms with Gasteiger partial charge in [-0.05, 0) is 36.1 Å². The highest BCUT2D eigenvalue weighted by Gasteiger charge is 2.15. The number of nitrogens with one attached hydrogen (secondary N) is 1. The molecule has 0 atom stereocenters. The fourth-order valence-electron chi connectivity index (χ4n) is 3.32. The molecule has 1 amide bonds. The van der Waals surface area contributed by atoms with Gasteiger partial charge in [0.1, 0.15) is 5.82 Å². The summed E-state index contributed by atoms with van der Waals surface area (Å²) in [6.07, 6.45) is 3.09. The van der Waals surface area contributed by atoms with E-state index in [0.717, 1.165) is 27.3 Å². The zero-order valence-corrected chi connectivity index (χ0v) is 19.4. The molecule has 32 heavy (non-hydrogen) atoms. The van der Waals surface area contributed by atoms with Gasteiger partial charge in [-0.25, -0.2) is 0 Å². The molecule has 162 valence electrons. The van der Waals surface area contributed by atoms with Crippen LogP contribution in [0.15, 0.2) is 95.0 Å². The van der Waals surface area contributed by atoms with Gasteiger partial charge in [0.15, 0.2) is 5.16 Å². The Hall–Kier alpha value is -3.03. The van der Waals surface area contributed by atoms with Crippen molar-refractivity contribution in [2.24, 2.45) is 0 Å². The molecule has 4 rings (SSSR count). The monoisotopic (exact) mass is 460 g/mol. The summed E-state index contributed by atoms with van der Waals surface area (Å²) in [5.74, 6) is 1.49. The zero-order valence-electron chi connectivity index (χ0n) is 17.8. The summed E-state index contributed by atoms with van der Waals surface area (Å²) in [5.41, 5.74) is 3.05. The van der Waals surface area contributed by atoms with Crippen molar-refractivity contribution < 1.29 is 4.79 Å². The normalized spacial score (nSPS) is 10.8. The van der Waals surface area contributed by atoms with E-state index in [2.05, 4.69) is 32.2 Å². The zero-order chi connectivity index (χ0) is 22.2. The second-order valence-electron chi connectivity index (χ2n) is 7.08. The number of anilines is 1. The Bertz CT molecular complexity index is 1160. The Balaban J connectivity index is 1.46. The topological polar surface area (TPSA) is 59.8 Å². The van der Waals surface area contributed by atoms with Crippen molar-refractivity contribution in [1.29, 1.82) is 0 Å². The summed E-state index contributed by atoms with van der Waals surface area (Å²) in [7, 11) is 0. The van der Waals surface area contributed by atoms with Gasteiger partial charge < -0.3 is 5.32 Å². The lowest BCUT2D eigenvalue weighted by Gasteiger charge is -2.11. The quantitative estimate of drug-likeness (QED) is 0.325. The van der Waals surface area contributed by atoms with Gasteiger partial charge in [0, 0.05) is 29.2 Å². The predicted molar refractivity (Wildman–Crippen MR) is 133 cm³/mol. The number of hydrogen-bond donors (Lipinski definition) is 1. The smallest absolute Gasteiger partial charge is 0.225 e. The van der Waals surface area contributed by atoms with Crippen molar-refractivity contribution in [3.8, 4) is 5.69 Å². The van der Waals surface area contributed by atoms with Crippen molar-refractivity contribution >= 4 is 35.1 Å². The highest BCUT2D eigenvalue weighted by molar-refractivity contribution is 7.99. The second kappa shape index (κ2) is 11.0. The Morgan fingerprint density at radius 2 is 1.59 bits per heavy atom. The SMILES string of the molecule is CSc1ccccc1NC(=O)CCSc1nnc(Cc2ccccc2)n1-c1ccccc1. The molecular formula is C25H24N4OS2. The van der Waals surface area contributed by atoms with Crippen LogP contribution in [0, 0.1) is 0 Å². The van der Waals surface area contributed by atoms with Crippen LogP contribution >= 0.6 is 23.5 Å². The summed E-state index contributed by atoms with van der Waals surface area (Å²) >= 11 is 3.16. The lowest BCUT2D eigenvalue weighted by Crippen LogP contribution is -2.13. The number of rotatable bonds is 9. The van der Waals surface area contributed by atoms with Crippen LogP contribution in [0.3, 0.4) is 0 Å². The molecule has 0 unspecified atom stereocenters. The fraction of sp³-hybridized carbons (Fsp3) is 0.160. The van der Waals surface area contributed by atoms with Crippen molar-refractivity contribution in [3.63, 3.8) is 0 Å². The van der Waals surface area contributed by atoms with Gasteiger partial charge >= 0.3 is 0 Å². The third kappa shape index (κ3) is 5.60. The minimum Gasteiger partial charge on any atom is -0.325 e. The lowest BCUT2D eigenvalue weighted by atomic mass is 10.1. The van der Waals surface area contributed by atoms with Gasteiger partial charge in [0.2, 0.25) is 5.91 Å². The van der Waals surface area contributed by atoms with E-state index in [1.54, 1.807) is 23.5 Å². The minimum absolute atomic E-state index is 0.00529. The summed E-state index contributed by atoms with van der Waals surface area (Å²) in [4.78, 5) is 13.6. The first-order valence-electron chi connectivity index (χ1n) is 10.3. The Morgan fingerprint density at radius 1 is 0.906 bits per heavy atom. The summed E-state index contributed by atoms with van der Waals surface area (Å²) in [6.45, 7) is 0. The largest absolute Gasteiger partial charge is 0.325 e. The maximum Gasteiger partial charge on any atom is 0.225 e. The Morgan fingerprint density at radius 3 is 2.34 bits per heavy atom. The number of thioether (sulfide) groups is 2. The van der Waals surface area contributed by atoms with E-state index in [1.165, 1.54) is 5.56 Å². The number of aromatic nitrogens is 3. The molecule has 0 aliphatic carbocycles. The molecule has 5 nitrogen and oxygen atoms in total. The first-order chi connectivity index (χ1) is 15.7. The van der Waals surface area contributed by atoms with E-state index < -0.39 is 0 Å². The van der Waals surface area contributed by atoms with E-state index in [1.807, 2.05) is 79.1 Å². The van der Waals surface area contributed by atoms with Gasteiger partial charge in [0.05, 0.1) is 5.69 Å². The van der Waals surface area contributed by atoms with Gasteiger partial charge in [0.25, 0.3) is 0 Å². The van der Waals surface area contributed by atoms with Gasteiger partial charge in [-0.3, -0.25) is 9.36 Å². The molecule has 1 N–H and O–H groups in total. The molecule has 7 heteroatoms. The van der Waals surface area contributed by atoms with Crippen LogP contribution in [0.25, 0.3) is 5.69 Å². The Kier molecular flexibility index (Phi) is 7.64. The standard InChI is InChI=1S/C25H24N4OS2/c1-31-22-15-9-8-14-21(22)26-24(30)16-17-32-25-28-27-23(18-19-10-4-2-5-11-19)29(25)20-12-6-3-7-13-20/h2-15H,16-18H2,1H3,(H,26,30). The van der Waals surface area contributed by atoms with E-state index >= 15 is 0 Å². The minimum atomic E-state index is -0.00529. The summed E-state index contributed by atoms with van der Waals surface area (Å²) < 4.78 is 2.08. The first kappa shape index (κ1) is 22.2. The van der Waals surface area contributed by atoms with E-state index in [9.17, 15) is 4.79 Å². The molecule has 0 spiro atoms. The molecular weight excluding hydrogens is 436 g/mol. The lowest BCUT2D eigenvalue weighted by molar-refractivity contribution is -0.115. The maximum absolute atomic E-state index is 12.5. The number of para-hydroxylation sites is 2. The third-order valence-corrected chi connectivity index (χ3v) is 6.59. The highest BCUT2D eigenvalue weighted by Crippen LogP contribution is 2.26. The van der Waals surface area contributed by atoms with Crippen LogP contribution in [-0.4, -0.2) is 32.7 Å². The third-order valence-electron chi connectivity index (χ3n) is 4.86. The number of nitrogens with zero attached hydrogens (tertiary/aromatic N) is 3. The number of carbonyl (C=O) groups is 1. The molecule has 0 aliphatic heterocycles. The van der Waals surface area contributed by atoms with Crippen LogP contribution < -0.4 is 5.32 Å². The van der Waals surface area contributed by atoms with Gasteiger partial charge in [-0.1, -0.05) is 72.4 Å². The molecule has 0 fully saturated rings. The Labute approximate surface area is 196 Å². The molecule has 1 heterocycles. The second-order valence-corrected chi connectivity index (χ2v) is 8.99. The van der Waals surface area contributed by atoms with Crippen LogP contribution in [0.1, 0.15) is 17.8 Å². The molecule has 0 radical (unpaired) electrons. The summed E-state index contributed by atoms with van der Waals surface area (Å²) in [5, 5.41) is 12.7. The van der Waals surface area contributed by atoms with Crippen LogP contribution in [0.4, 0.5) is 5.69 Å².